The number of aromatic nitrogens is 2. The number of amides is 1. The SMILES string of the molecule is COC(C)CCOc1ccc2ccc(Nc3nc(NC4CCCC[C@@H]4N)c(F)cc3C(N)=O)cc2n1. The molecule has 2 heterocycles. The van der Waals surface area contributed by atoms with Crippen LogP contribution in [0.4, 0.5) is 21.7 Å². The third kappa shape index (κ3) is 6.19. The van der Waals surface area contributed by atoms with Gasteiger partial charge in [0.2, 0.25) is 5.88 Å². The minimum absolute atomic E-state index is 0.0322. The van der Waals surface area contributed by atoms with Crippen molar-refractivity contribution in [1.82, 2.24) is 9.97 Å². The number of hydrogen-bond acceptors (Lipinski definition) is 8. The predicted molar refractivity (Wildman–Crippen MR) is 138 cm³/mol. The highest BCUT2D eigenvalue weighted by Crippen LogP contribution is 2.28. The van der Waals surface area contributed by atoms with Crippen molar-refractivity contribution in [1.29, 1.82) is 0 Å². The summed E-state index contributed by atoms with van der Waals surface area (Å²) in [5.74, 6) is -0.765. The minimum atomic E-state index is -0.787. The molecule has 0 radical (unpaired) electrons. The molecular weight excluding hydrogens is 463 g/mol. The molecule has 1 amide bonds. The highest BCUT2D eigenvalue weighted by Gasteiger charge is 2.24. The molecule has 0 aliphatic heterocycles. The van der Waals surface area contributed by atoms with Gasteiger partial charge in [-0.25, -0.2) is 14.4 Å². The van der Waals surface area contributed by atoms with E-state index >= 15 is 0 Å². The minimum Gasteiger partial charge on any atom is -0.478 e. The highest BCUT2D eigenvalue weighted by molar-refractivity contribution is 5.99. The number of methoxy groups -OCH3 is 1. The van der Waals surface area contributed by atoms with E-state index in [1.165, 1.54) is 0 Å². The van der Waals surface area contributed by atoms with E-state index in [9.17, 15) is 9.18 Å². The molecule has 1 aromatic carbocycles. The molecular formula is C26H33FN6O3. The first-order valence-electron chi connectivity index (χ1n) is 12.2. The normalized spacial score (nSPS) is 18.6. The lowest BCUT2D eigenvalue weighted by Gasteiger charge is -2.30. The topological polar surface area (TPSA) is 137 Å². The van der Waals surface area contributed by atoms with Crippen molar-refractivity contribution in [3.63, 3.8) is 0 Å². The number of nitrogens with one attached hydrogen (secondary N) is 2. The zero-order valence-electron chi connectivity index (χ0n) is 20.6. The van der Waals surface area contributed by atoms with E-state index in [0.29, 0.717) is 23.7 Å². The number of carbonyl (C=O) groups excluding carboxylic acids is 1. The fourth-order valence-electron chi connectivity index (χ4n) is 4.23. The van der Waals surface area contributed by atoms with Gasteiger partial charge >= 0.3 is 0 Å². The van der Waals surface area contributed by atoms with Crippen LogP contribution < -0.4 is 26.8 Å². The molecule has 1 fully saturated rings. The van der Waals surface area contributed by atoms with Crippen molar-refractivity contribution in [2.75, 3.05) is 24.4 Å². The summed E-state index contributed by atoms with van der Waals surface area (Å²) in [5, 5.41) is 7.13. The number of fused-ring (bicyclic) bond motifs is 1. The molecule has 1 aliphatic rings. The van der Waals surface area contributed by atoms with Gasteiger partial charge in [0, 0.05) is 42.8 Å². The Morgan fingerprint density at radius 3 is 2.69 bits per heavy atom. The van der Waals surface area contributed by atoms with Gasteiger partial charge < -0.3 is 31.6 Å². The van der Waals surface area contributed by atoms with E-state index in [1.54, 1.807) is 13.2 Å². The molecule has 3 aromatic rings. The zero-order chi connectivity index (χ0) is 25.7. The molecule has 1 saturated carbocycles. The number of carbonyl (C=O) groups is 1. The standard InChI is InChI=1S/C26H33FN6O3/c1-15(35-2)11-12-36-23-10-8-16-7-9-17(13-22(16)31-23)30-25-18(24(29)34)14-19(27)26(33-25)32-21-6-4-3-5-20(21)28/h7-10,13-15,20-21H,3-6,11-12,28H2,1-2H3,(H2,29,34)(H2,30,32,33)/t15?,20-,21?/m0/s1. The second-order valence-corrected chi connectivity index (χ2v) is 9.14. The number of anilines is 3. The Hall–Kier alpha value is -3.50. The summed E-state index contributed by atoms with van der Waals surface area (Å²) >= 11 is 0. The Morgan fingerprint density at radius 2 is 1.94 bits per heavy atom. The Morgan fingerprint density at radius 1 is 1.17 bits per heavy atom. The average Bonchev–Trinajstić information content (AvgIpc) is 2.86. The van der Waals surface area contributed by atoms with Gasteiger partial charge in [-0.2, -0.15) is 0 Å². The average molecular weight is 497 g/mol. The molecule has 36 heavy (non-hydrogen) atoms. The Kier molecular flexibility index (Phi) is 8.17. The number of benzene rings is 1. The van der Waals surface area contributed by atoms with E-state index < -0.39 is 11.7 Å². The Bertz CT molecular complexity index is 1220. The maximum Gasteiger partial charge on any atom is 0.252 e. The lowest BCUT2D eigenvalue weighted by Crippen LogP contribution is -2.43. The quantitative estimate of drug-likeness (QED) is 0.329. The van der Waals surface area contributed by atoms with E-state index in [0.717, 1.165) is 43.6 Å². The second-order valence-electron chi connectivity index (χ2n) is 9.14. The first-order valence-corrected chi connectivity index (χ1v) is 12.2. The lowest BCUT2D eigenvalue weighted by molar-refractivity contribution is 0.0948. The molecule has 2 aromatic heterocycles. The van der Waals surface area contributed by atoms with E-state index in [4.69, 9.17) is 20.9 Å². The molecule has 0 saturated heterocycles. The van der Waals surface area contributed by atoms with Crippen LogP contribution >= 0.6 is 0 Å². The van der Waals surface area contributed by atoms with Gasteiger partial charge in [-0.1, -0.05) is 18.9 Å². The smallest absolute Gasteiger partial charge is 0.252 e. The summed E-state index contributed by atoms with van der Waals surface area (Å²) in [4.78, 5) is 21.0. The van der Waals surface area contributed by atoms with Gasteiger partial charge in [0.05, 0.1) is 23.8 Å². The van der Waals surface area contributed by atoms with Crippen LogP contribution in [0.25, 0.3) is 10.9 Å². The fraction of sp³-hybridized carbons (Fsp3) is 0.423. The first kappa shape index (κ1) is 25.6. The number of nitrogens with zero attached hydrogens (tertiary/aromatic N) is 2. The van der Waals surface area contributed by atoms with Crippen molar-refractivity contribution in [3.05, 3.63) is 47.8 Å². The number of hydrogen-bond donors (Lipinski definition) is 4. The number of primary amides is 1. The number of pyridine rings is 2. The zero-order valence-corrected chi connectivity index (χ0v) is 20.6. The molecule has 0 spiro atoms. The van der Waals surface area contributed by atoms with Crippen LogP contribution in [0.1, 0.15) is 49.4 Å². The van der Waals surface area contributed by atoms with E-state index in [-0.39, 0.29) is 35.4 Å². The fourth-order valence-corrected chi connectivity index (χ4v) is 4.23. The number of ether oxygens (including phenoxy) is 2. The number of nitrogens with two attached hydrogens (primary N) is 2. The third-order valence-corrected chi connectivity index (χ3v) is 6.49. The number of rotatable bonds is 10. The van der Waals surface area contributed by atoms with Crippen molar-refractivity contribution in [2.24, 2.45) is 11.5 Å². The monoisotopic (exact) mass is 496 g/mol. The summed E-state index contributed by atoms with van der Waals surface area (Å²) in [5.41, 5.74) is 13.0. The van der Waals surface area contributed by atoms with Crippen molar-refractivity contribution in [2.45, 2.75) is 57.2 Å². The summed E-state index contributed by atoms with van der Waals surface area (Å²) in [7, 11) is 1.66. The van der Waals surface area contributed by atoms with Gasteiger partial charge in [-0.3, -0.25) is 4.79 Å². The van der Waals surface area contributed by atoms with Crippen molar-refractivity contribution >= 4 is 34.1 Å². The van der Waals surface area contributed by atoms with Crippen LogP contribution in [0.5, 0.6) is 5.88 Å². The van der Waals surface area contributed by atoms with Gasteiger partial charge in [-0.15, -0.1) is 0 Å². The Balaban J connectivity index is 1.57. The van der Waals surface area contributed by atoms with Gasteiger partial charge in [0.15, 0.2) is 11.6 Å². The molecule has 2 unspecified atom stereocenters. The number of halogens is 1. The molecule has 192 valence electrons. The maximum atomic E-state index is 14.8. The third-order valence-electron chi connectivity index (χ3n) is 6.49. The molecule has 1 aliphatic carbocycles. The molecule has 3 atom stereocenters. The van der Waals surface area contributed by atoms with Gasteiger partial charge in [0.1, 0.15) is 5.82 Å². The molecule has 0 bridgehead atoms. The van der Waals surface area contributed by atoms with Crippen LogP contribution in [0, 0.1) is 5.82 Å². The summed E-state index contributed by atoms with van der Waals surface area (Å²) in [6.07, 6.45) is 4.60. The Labute approximate surface area is 209 Å². The van der Waals surface area contributed by atoms with Crippen molar-refractivity contribution in [3.8, 4) is 5.88 Å². The largest absolute Gasteiger partial charge is 0.478 e. The molecule has 9 nitrogen and oxygen atoms in total. The summed E-state index contributed by atoms with van der Waals surface area (Å²) in [6.45, 7) is 2.46. The van der Waals surface area contributed by atoms with Gasteiger partial charge in [0.25, 0.3) is 5.91 Å². The second kappa shape index (κ2) is 11.5. The van der Waals surface area contributed by atoms with Gasteiger partial charge in [-0.05, 0) is 44.0 Å². The van der Waals surface area contributed by atoms with E-state index in [2.05, 4.69) is 20.6 Å². The van der Waals surface area contributed by atoms with Crippen LogP contribution in [0.2, 0.25) is 0 Å². The van der Waals surface area contributed by atoms with Crippen LogP contribution in [-0.2, 0) is 4.74 Å². The highest BCUT2D eigenvalue weighted by atomic mass is 19.1. The van der Waals surface area contributed by atoms with Crippen LogP contribution in [-0.4, -0.2) is 47.8 Å². The molecule has 6 N–H and O–H groups in total. The lowest BCUT2D eigenvalue weighted by atomic mass is 9.91. The van der Waals surface area contributed by atoms with Crippen molar-refractivity contribution < 1.29 is 18.7 Å². The first-order chi connectivity index (χ1) is 17.3. The predicted octanol–water partition coefficient (Wildman–Crippen LogP) is 4.10. The maximum absolute atomic E-state index is 14.8. The molecule has 10 heteroatoms. The molecule has 4 rings (SSSR count). The summed E-state index contributed by atoms with van der Waals surface area (Å²) < 4.78 is 25.8. The summed E-state index contributed by atoms with van der Waals surface area (Å²) in [6, 6.07) is 10.2. The van der Waals surface area contributed by atoms with Crippen LogP contribution in [0.3, 0.4) is 0 Å². The van der Waals surface area contributed by atoms with E-state index in [1.807, 2.05) is 31.2 Å². The van der Waals surface area contributed by atoms with Crippen LogP contribution in [0.15, 0.2) is 36.4 Å².